The number of rotatable bonds is 7. The molecule has 17 heavy (non-hydrogen) atoms. The molecule has 0 aliphatic carbocycles. The Kier molecular flexibility index (Phi) is 6.29. The minimum Gasteiger partial charge on any atom is -0.496 e. The molecule has 4 nitrogen and oxygen atoms in total. The van der Waals surface area contributed by atoms with E-state index in [2.05, 4.69) is 0 Å². The molecule has 0 aliphatic heterocycles. The topological polar surface area (TPSA) is 53.7 Å². The Morgan fingerprint density at radius 1 is 1.29 bits per heavy atom. The molecular weight excluding hydrogens is 242 g/mol. The molecule has 0 spiro atoms. The second-order valence-electron chi connectivity index (χ2n) is 3.56. The number of hydrogen-bond acceptors (Lipinski definition) is 4. The van der Waals surface area contributed by atoms with E-state index in [-0.39, 0.29) is 6.04 Å². The molecule has 1 rings (SSSR count). The minimum absolute atomic E-state index is 0.263. The molecule has 0 aromatic heterocycles. The van der Waals surface area contributed by atoms with Crippen LogP contribution < -0.4 is 10.5 Å². The molecule has 0 bridgehead atoms. The summed E-state index contributed by atoms with van der Waals surface area (Å²) in [7, 11) is 3.23. The van der Waals surface area contributed by atoms with Gasteiger partial charge in [-0.05, 0) is 18.2 Å². The molecule has 1 aromatic rings. The van der Waals surface area contributed by atoms with Crippen molar-refractivity contribution in [1.29, 1.82) is 0 Å². The number of halogens is 1. The summed E-state index contributed by atoms with van der Waals surface area (Å²) in [6.45, 7) is 1.48. The Labute approximate surface area is 107 Å². The smallest absolute Gasteiger partial charge is 0.123 e. The van der Waals surface area contributed by atoms with Gasteiger partial charge in [0.25, 0.3) is 0 Å². The van der Waals surface area contributed by atoms with Crippen molar-refractivity contribution in [3.05, 3.63) is 28.8 Å². The third kappa shape index (κ3) is 4.52. The molecule has 2 N–H and O–H groups in total. The molecule has 5 heteroatoms. The van der Waals surface area contributed by atoms with E-state index in [0.717, 1.165) is 11.3 Å². The molecule has 0 aliphatic rings. The van der Waals surface area contributed by atoms with Crippen molar-refractivity contribution in [2.75, 3.05) is 34.0 Å². The average Bonchev–Trinajstić information content (AvgIpc) is 2.34. The van der Waals surface area contributed by atoms with Crippen LogP contribution in [0.15, 0.2) is 18.2 Å². The van der Waals surface area contributed by atoms with Crippen LogP contribution in [0.2, 0.25) is 5.02 Å². The van der Waals surface area contributed by atoms with Gasteiger partial charge in [-0.25, -0.2) is 0 Å². The zero-order chi connectivity index (χ0) is 12.7. The van der Waals surface area contributed by atoms with Crippen LogP contribution >= 0.6 is 11.6 Å². The van der Waals surface area contributed by atoms with E-state index in [1.165, 1.54) is 0 Å². The lowest BCUT2D eigenvalue weighted by atomic mass is 10.1. The zero-order valence-electron chi connectivity index (χ0n) is 10.1. The molecule has 0 radical (unpaired) electrons. The number of nitrogens with two attached hydrogens (primary N) is 1. The zero-order valence-corrected chi connectivity index (χ0v) is 10.9. The predicted molar refractivity (Wildman–Crippen MR) is 67.6 cm³/mol. The largest absolute Gasteiger partial charge is 0.496 e. The lowest BCUT2D eigenvalue weighted by Crippen LogP contribution is -2.19. The first-order chi connectivity index (χ1) is 8.19. The van der Waals surface area contributed by atoms with Crippen LogP contribution in [0.4, 0.5) is 0 Å². The number of methoxy groups -OCH3 is 2. The first-order valence-corrected chi connectivity index (χ1v) is 5.72. The third-order valence-corrected chi connectivity index (χ3v) is 2.56. The van der Waals surface area contributed by atoms with E-state index >= 15 is 0 Å². The summed E-state index contributed by atoms with van der Waals surface area (Å²) < 4.78 is 15.5. The molecule has 1 atom stereocenters. The van der Waals surface area contributed by atoms with E-state index in [9.17, 15) is 0 Å². The molecule has 96 valence electrons. The van der Waals surface area contributed by atoms with Crippen molar-refractivity contribution in [2.24, 2.45) is 5.73 Å². The highest BCUT2D eigenvalue weighted by molar-refractivity contribution is 6.30. The highest BCUT2D eigenvalue weighted by Gasteiger charge is 2.12. The van der Waals surface area contributed by atoms with Gasteiger partial charge in [0.1, 0.15) is 5.75 Å². The Morgan fingerprint density at radius 2 is 2.06 bits per heavy atom. The van der Waals surface area contributed by atoms with Crippen molar-refractivity contribution in [2.45, 2.75) is 6.04 Å². The number of hydrogen-bond donors (Lipinski definition) is 1. The SMILES string of the molecule is COCCOCC(N)c1cc(Cl)ccc1OC. The summed E-state index contributed by atoms with van der Waals surface area (Å²) in [5.74, 6) is 0.720. The summed E-state index contributed by atoms with van der Waals surface area (Å²) in [5.41, 5.74) is 6.86. The summed E-state index contributed by atoms with van der Waals surface area (Å²) in [6.07, 6.45) is 0. The number of ether oxygens (including phenoxy) is 3. The monoisotopic (exact) mass is 259 g/mol. The van der Waals surface area contributed by atoms with Crippen LogP contribution in [-0.4, -0.2) is 34.0 Å². The summed E-state index contributed by atoms with van der Waals surface area (Å²) in [5, 5.41) is 0.633. The van der Waals surface area contributed by atoms with Crippen LogP contribution in [0.25, 0.3) is 0 Å². The summed E-state index contributed by atoms with van der Waals surface area (Å²) in [4.78, 5) is 0. The van der Waals surface area contributed by atoms with E-state index in [0.29, 0.717) is 24.8 Å². The highest BCUT2D eigenvalue weighted by atomic mass is 35.5. The van der Waals surface area contributed by atoms with E-state index in [1.54, 1.807) is 32.4 Å². The summed E-state index contributed by atoms with van der Waals surface area (Å²) >= 11 is 5.93. The second kappa shape index (κ2) is 7.50. The maximum atomic E-state index is 6.02. The molecule has 0 fully saturated rings. The van der Waals surface area contributed by atoms with Crippen LogP contribution in [0.3, 0.4) is 0 Å². The van der Waals surface area contributed by atoms with Gasteiger partial charge in [0.15, 0.2) is 0 Å². The lowest BCUT2D eigenvalue weighted by Gasteiger charge is -2.16. The van der Waals surface area contributed by atoms with Gasteiger partial charge in [-0.3, -0.25) is 0 Å². The molecule has 0 amide bonds. The van der Waals surface area contributed by atoms with Crippen LogP contribution in [0, 0.1) is 0 Å². The van der Waals surface area contributed by atoms with Crippen molar-refractivity contribution >= 4 is 11.6 Å². The lowest BCUT2D eigenvalue weighted by molar-refractivity contribution is 0.0633. The maximum Gasteiger partial charge on any atom is 0.123 e. The quantitative estimate of drug-likeness (QED) is 0.761. The van der Waals surface area contributed by atoms with Crippen molar-refractivity contribution < 1.29 is 14.2 Å². The second-order valence-corrected chi connectivity index (χ2v) is 4.00. The van der Waals surface area contributed by atoms with Gasteiger partial charge in [0.2, 0.25) is 0 Å². The van der Waals surface area contributed by atoms with Crippen molar-refractivity contribution in [3.8, 4) is 5.75 Å². The first kappa shape index (κ1) is 14.3. The fraction of sp³-hybridized carbons (Fsp3) is 0.500. The van der Waals surface area contributed by atoms with Gasteiger partial charge < -0.3 is 19.9 Å². The van der Waals surface area contributed by atoms with Gasteiger partial charge in [-0.2, -0.15) is 0 Å². The normalized spacial score (nSPS) is 12.5. The molecule has 1 unspecified atom stereocenters. The Bertz CT molecular complexity index is 347. The van der Waals surface area contributed by atoms with Gasteiger partial charge in [-0.15, -0.1) is 0 Å². The van der Waals surface area contributed by atoms with Gasteiger partial charge >= 0.3 is 0 Å². The van der Waals surface area contributed by atoms with E-state index < -0.39 is 0 Å². The fourth-order valence-corrected chi connectivity index (χ4v) is 1.62. The molecule has 0 saturated carbocycles. The number of benzene rings is 1. The molecule has 1 aromatic carbocycles. The minimum atomic E-state index is -0.263. The van der Waals surface area contributed by atoms with E-state index in [4.69, 9.17) is 31.5 Å². The van der Waals surface area contributed by atoms with Gasteiger partial charge in [0, 0.05) is 17.7 Å². The van der Waals surface area contributed by atoms with Gasteiger partial charge in [-0.1, -0.05) is 11.6 Å². The average molecular weight is 260 g/mol. The first-order valence-electron chi connectivity index (χ1n) is 5.34. The van der Waals surface area contributed by atoms with Crippen LogP contribution in [-0.2, 0) is 9.47 Å². The molecule has 0 heterocycles. The van der Waals surface area contributed by atoms with Crippen molar-refractivity contribution in [1.82, 2.24) is 0 Å². The Hall–Kier alpha value is -0.810. The molecule has 0 saturated heterocycles. The molecular formula is C12H18ClNO3. The Balaban J connectivity index is 2.60. The fourth-order valence-electron chi connectivity index (χ4n) is 1.44. The Morgan fingerprint density at radius 3 is 2.71 bits per heavy atom. The maximum absolute atomic E-state index is 6.02. The summed E-state index contributed by atoms with van der Waals surface area (Å²) in [6, 6.07) is 5.10. The van der Waals surface area contributed by atoms with Crippen LogP contribution in [0.1, 0.15) is 11.6 Å². The van der Waals surface area contributed by atoms with Crippen LogP contribution in [0.5, 0.6) is 5.75 Å². The highest BCUT2D eigenvalue weighted by Crippen LogP contribution is 2.27. The van der Waals surface area contributed by atoms with Gasteiger partial charge in [0.05, 0.1) is 33.0 Å². The standard InChI is InChI=1S/C12H18ClNO3/c1-15-5-6-17-8-11(14)10-7-9(13)3-4-12(10)16-2/h3-4,7,11H,5-6,8,14H2,1-2H3. The van der Waals surface area contributed by atoms with Crippen molar-refractivity contribution in [3.63, 3.8) is 0 Å². The third-order valence-electron chi connectivity index (χ3n) is 2.32. The predicted octanol–water partition coefficient (Wildman–Crippen LogP) is 2.01. The van der Waals surface area contributed by atoms with E-state index in [1.807, 2.05) is 0 Å².